The summed E-state index contributed by atoms with van der Waals surface area (Å²) in [6.07, 6.45) is -0.211. The van der Waals surface area contributed by atoms with Crippen LogP contribution in [0.3, 0.4) is 0 Å². The van der Waals surface area contributed by atoms with E-state index in [1.807, 2.05) is 13.8 Å². The molecule has 7 nitrogen and oxygen atoms in total. The molecule has 4 aliphatic rings. The first-order valence-electron chi connectivity index (χ1n) is 9.01. The van der Waals surface area contributed by atoms with Gasteiger partial charge in [-0.3, -0.25) is 9.79 Å². The van der Waals surface area contributed by atoms with E-state index in [1.165, 1.54) is 4.90 Å². The number of aliphatic hydroxyl groups is 1. The van der Waals surface area contributed by atoms with Crippen LogP contribution in [0.15, 0.2) is 15.6 Å². The molecule has 4 heterocycles. The van der Waals surface area contributed by atoms with Gasteiger partial charge in [0.25, 0.3) is 0 Å². The fraction of sp³-hybridized carbons (Fsp3) is 0.706. The number of carboxylic acids is 1. The first-order valence-corrected chi connectivity index (χ1v) is 10.9. The van der Waals surface area contributed by atoms with Crippen molar-refractivity contribution in [2.75, 3.05) is 25.4 Å². The number of carbonyl (C=O) groups excluding carboxylic acids is 1. The molecule has 142 valence electrons. The zero-order valence-electron chi connectivity index (χ0n) is 14.8. The van der Waals surface area contributed by atoms with E-state index < -0.39 is 18.0 Å². The lowest BCUT2D eigenvalue weighted by Gasteiger charge is -2.47. The van der Waals surface area contributed by atoms with E-state index in [0.717, 1.165) is 35.5 Å². The molecule has 0 aliphatic carbocycles. The Morgan fingerprint density at radius 3 is 2.77 bits per heavy atom. The van der Waals surface area contributed by atoms with Gasteiger partial charge >= 0.3 is 5.97 Å². The molecule has 2 N–H and O–H groups in total. The Hall–Kier alpha value is -1.19. The molecule has 0 aromatic heterocycles. The van der Waals surface area contributed by atoms with Crippen LogP contribution in [-0.4, -0.2) is 79.8 Å². The minimum Gasteiger partial charge on any atom is -0.477 e. The van der Waals surface area contributed by atoms with Crippen LogP contribution in [0.5, 0.6) is 0 Å². The number of hydrogen-bond donors (Lipinski definition) is 2. The van der Waals surface area contributed by atoms with Crippen LogP contribution in [0.25, 0.3) is 0 Å². The molecule has 9 heteroatoms. The lowest BCUT2D eigenvalue weighted by Crippen LogP contribution is -2.64. The van der Waals surface area contributed by atoms with Gasteiger partial charge in [0.1, 0.15) is 5.70 Å². The van der Waals surface area contributed by atoms with Crippen molar-refractivity contribution in [1.82, 2.24) is 9.80 Å². The summed E-state index contributed by atoms with van der Waals surface area (Å²) in [6.45, 7) is 6.41. The predicted molar refractivity (Wildman–Crippen MR) is 102 cm³/mol. The molecular weight excluding hydrogens is 374 g/mol. The Labute approximate surface area is 160 Å². The Balaban J connectivity index is 1.48. The molecule has 4 atom stereocenters. The number of aliphatic imine (C=N–C) groups is 1. The topological polar surface area (TPSA) is 93.4 Å². The first-order chi connectivity index (χ1) is 12.4. The van der Waals surface area contributed by atoms with Crippen molar-refractivity contribution in [1.29, 1.82) is 0 Å². The molecule has 2 saturated heterocycles. The lowest BCUT2D eigenvalue weighted by molar-refractivity contribution is -0.164. The second-order valence-corrected chi connectivity index (χ2v) is 9.57. The maximum atomic E-state index is 12.5. The lowest BCUT2D eigenvalue weighted by atomic mass is 9.78. The molecule has 0 radical (unpaired) electrons. The molecule has 1 amide bonds. The normalized spacial score (nSPS) is 32.3. The standard InChI is InChI=1S/C17H23N3O4S2/c1-3-10(21)11-12-8(2)14(13(16(23)24)20(12)15(11)22)26-9-6-19(7-9)17-18-4-5-25-17/h8-12,21H,3-7H2,1-2H3,(H,23,24)/t8-,10-,11-,12-/m1/s1. The van der Waals surface area contributed by atoms with Crippen molar-refractivity contribution in [2.45, 2.75) is 37.7 Å². The number of thioether (sulfide) groups is 2. The first kappa shape index (κ1) is 18.2. The van der Waals surface area contributed by atoms with Crippen molar-refractivity contribution < 1.29 is 19.8 Å². The van der Waals surface area contributed by atoms with Crippen molar-refractivity contribution >= 4 is 40.6 Å². The van der Waals surface area contributed by atoms with E-state index in [0.29, 0.717) is 11.7 Å². The molecule has 4 rings (SSSR count). The number of rotatable bonds is 5. The molecule has 0 bridgehead atoms. The molecule has 2 fully saturated rings. The number of likely N-dealkylation sites (tertiary alicyclic amines) is 1. The number of β-lactam (4-membered cyclic amide) rings is 1. The van der Waals surface area contributed by atoms with Crippen LogP contribution in [0.1, 0.15) is 20.3 Å². The highest BCUT2D eigenvalue weighted by atomic mass is 32.2. The number of fused-ring (bicyclic) bond motifs is 1. The predicted octanol–water partition coefficient (Wildman–Crippen LogP) is 1.05. The zero-order chi connectivity index (χ0) is 18.6. The van der Waals surface area contributed by atoms with Gasteiger partial charge in [-0.25, -0.2) is 4.79 Å². The highest BCUT2D eigenvalue weighted by molar-refractivity contribution is 8.14. The van der Waals surface area contributed by atoms with Crippen LogP contribution < -0.4 is 0 Å². The zero-order valence-corrected chi connectivity index (χ0v) is 16.4. The smallest absolute Gasteiger partial charge is 0.353 e. The SMILES string of the molecule is CC[C@@H](O)[C@H]1C(=O)N2C(C(=O)O)=C(SC3CN(C4=NCCS4)C3)[C@H](C)[C@H]12. The maximum absolute atomic E-state index is 12.5. The summed E-state index contributed by atoms with van der Waals surface area (Å²) in [5, 5.41) is 21.3. The average Bonchev–Trinajstić information content (AvgIpc) is 3.16. The second-order valence-electron chi connectivity index (χ2n) is 7.16. The maximum Gasteiger partial charge on any atom is 0.353 e. The molecule has 0 saturated carbocycles. The van der Waals surface area contributed by atoms with Crippen molar-refractivity contribution in [3.63, 3.8) is 0 Å². The monoisotopic (exact) mass is 397 g/mol. The molecule has 26 heavy (non-hydrogen) atoms. The van der Waals surface area contributed by atoms with Crippen LogP contribution in [0, 0.1) is 11.8 Å². The summed E-state index contributed by atoms with van der Waals surface area (Å²) in [5.74, 6) is -0.802. The van der Waals surface area contributed by atoms with Gasteiger partial charge in [0.2, 0.25) is 5.91 Å². The van der Waals surface area contributed by atoms with E-state index in [-0.39, 0.29) is 23.6 Å². The molecule has 4 aliphatic heterocycles. The molecule has 0 aromatic carbocycles. The van der Waals surface area contributed by atoms with Crippen LogP contribution in [0.2, 0.25) is 0 Å². The summed E-state index contributed by atoms with van der Waals surface area (Å²) in [4.78, 5) is 33.2. The third-order valence-corrected chi connectivity index (χ3v) is 8.09. The minimum absolute atomic E-state index is 0.0535. The third kappa shape index (κ3) is 2.66. The van der Waals surface area contributed by atoms with Gasteiger partial charge in [-0.2, -0.15) is 0 Å². The van der Waals surface area contributed by atoms with E-state index in [1.54, 1.807) is 23.5 Å². The summed E-state index contributed by atoms with van der Waals surface area (Å²) >= 11 is 3.36. The highest BCUT2D eigenvalue weighted by Gasteiger charge is 2.60. The van der Waals surface area contributed by atoms with Gasteiger partial charge in [-0.05, 0) is 6.42 Å². The summed E-state index contributed by atoms with van der Waals surface area (Å²) in [6, 6.07) is -0.225. The fourth-order valence-corrected chi connectivity index (χ4v) is 6.60. The van der Waals surface area contributed by atoms with Gasteiger partial charge in [0.15, 0.2) is 5.17 Å². The van der Waals surface area contributed by atoms with Gasteiger partial charge in [0, 0.05) is 34.9 Å². The third-order valence-electron chi connectivity index (χ3n) is 5.61. The Morgan fingerprint density at radius 1 is 1.46 bits per heavy atom. The van der Waals surface area contributed by atoms with E-state index in [2.05, 4.69) is 9.89 Å². The fourth-order valence-electron chi connectivity index (χ4n) is 4.20. The molecular formula is C17H23N3O4S2. The number of amidine groups is 1. The Kier molecular flexibility index (Phi) is 4.73. The number of aliphatic carboxylic acids is 1. The molecule has 0 spiro atoms. The average molecular weight is 398 g/mol. The quantitative estimate of drug-likeness (QED) is 0.670. The van der Waals surface area contributed by atoms with Gasteiger partial charge in [-0.1, -0.05) is 25.6 Å². The summed E-state index contributed by atoms with van der Waals surface area (Å²) < 4.78 is 0. The van der Waals surface area contributed by atoms with Gasteiger partial charge in [0.05, 0.1) is 24.6 Å². The van der Waals surface area contributed by atoms with E-state index in [4.69, 9.17) is 0 Å². The highest BCUT2D eigenvalue weighted by Crippen LogP contribution is 2.52. The second kappa shape index (κ2) is 6.76. The van der Waals surface area contributed by atoms with Gasteiger partial charge in [-0.15, -0.1) is 11.8 Å². The Bertz CT molecular complexity index is 704. The number of carbonyl (C=O) groups is 2. The Morgan fingerprint density at radius 2 is 2.19 bits per heavy atom. The van der Waals surface area contributed by atoms with Gasteiger partial charge < -0.3 is 20.0 Å². The van der Waals surface area contributed by atoms with E-state index in [9.17, 15) is 19.8 Å². The molecule has 0 aromatic rings. The summed E-state index contributed by atoms with van der Waals surface area (Å²) in [7, 11) is 0. The van der Waals surface area contributed by atoms with Crippen molar-refractivity contribution in [2.24, 2.45) is 16.8 Å². The minimum atomic E-state index is -1.05. The van der Waals surface area contributed by atoms with E-state index >= 15 is 0 Å². The van der Waals surface area contributed by atoms with Crippen molar-refractivity contribution in [3.8, 4) is 0 Å². The number of aliphatic hydroxyl groups excluding tert-OH is 1. The number of hydrogen-bond acceptors (Lipinski definition) is 7. The summed E-state index contributed by atoms with van der Waals surface area (Å²) in [5.41, 5.74) is 0.128. The largest absolute Gasteiger partial charge is 0.477 e. The van der Waals surface area contributed by atoms with Crippen LogP contribution in [0.4, 0.5) is 0 Å². The number of carboxylic acid groups (broad SMARTS) is 1. The molecule has 0 unspecified atom stereocenters. The van der Waals surface area contributed by atoms with Crippen LogP contribution in [-0.2, 0) is 9.59 Å². The number of amides is 1. The van der Waals surface area contributed by atoms with Crippen LogP contribution >= 0.6 is 23.5 Å². The number of nitrogens with zero attached hydrogens (tertiary/aromatic N) is 3. The van der Waals surface area contributed by atoms with Crippen molar-refractivity contribution in [3.05, 3.63) is 10.6 Å².